The molecule has 0 N–H and O–H groups in total. The third-order valence-corrected chi connectivity index (χ3v) is 8.82. The maximum Gasteiger partial charge on any atom is 0.0209 e. The molecule has 0 saturated carbocycles. The van der Waals surface area contributed by atoms with E-state index in [-0.39, 0.29) is 0 Å². The fourth-order valence-electron chi connectivity index (χ4n) is 5.78. The Bertz CT molecular complexity index is 2130. The summed E-state index contributed by atoms with van der Waals surface area (Å²) < 4.78 is 1.20. The monoisotopic (exact) mass is 634 g/mol. The van der Waals surface area contributed by atoms with Gasteiger partial charge in [0.1, 0.15) is 0 Å². The van der Waals surface area contributed by atoms with E-state index in [1.165, 1.54) is 63.7 Å². The van der Waals surface area contributed by atoms with Gasteiger partial charge in [-0.15, -0.1) is 0 Å². The van der Waals surface area contributed by atoms with Gasteiger partial charge in [-0.3, -0.25) is 0 Å². The molecule has 0 bridgehead atoms. The minimum Gasteiger partial charge on any atom is -0.0984 e. The van der Waals surface area contributed by atoms with Crippen LogP contribution in [0.2, 0.25) is 0 Å². The molecule has 0 fully saturated rings. The lowest BCUT2D eigenvalue weighted by atomic mass is 9.91. The minimum atomic E-state index is 1.12. The predicted molar refractivity (Wildman–Crippen MR) is 188 cm³/mol. The highest BCUT2D eigenvalue weighted by molar-refractivity contribution is 14.1. The van der Waals surface area contributed by atoms with E-state index in [1.54, 1.807) is 0 Å². The zero-order chi connectivity index (χ0) is 27.8. The van der Waals surface area contributed by atoms with E-state index >= 15 is 0 Å². The molecule has 0 aliphatic rings. The van der Waals surface area contributed by atoms with Crippen LogP contribution in [-0.2, 0) is 0 Å². The summed E-state index contributed by atoms with van der Waals surface area (Å²) >= 11 is 2.45. The van der Waals surface area contributed by atoms with Gasteiger partial charge < -0.3 is 0 Å². The quantitative estimate of drug-likeness (QED) is 0.100. The molecule has 0 aliphatic heterocycles. The van der Waals surface area contributed by atoms with Crippen molar-refractivity contribution in [3.05, 3.63) is 163 Å². The van der Waals surface area contributed by atoms with Gasteiger partial charge in [0, 0.05) is 3.58 Å². The van der Waals surface area contributed by atoms with E-state index < -0.39 is 0 Å². The fourth-order valence-corrected chi connectivity index (χ4v) is 6.45. The van der Waals surface area contributed by atoms with Crippen LogP contribution < -0.4 is 0 Å². The number of hydrogen-bond acceptors (Lipinski definition) is 0. The second-order valence-corrected chi connectivity index (χ2v) is 11.5. The lowest BCUT2D eigenvalue weighted by Crippen LogP contribution is -1.88. The molecule has 7 rings (SSSR count). The first-order valence-corrected chi connectivity index (χ1v) is 14.9. The lowest BCUT2D eigenvalue weighted by Gasteiger charge is -2.13. The van der Waals surface area contributed by atoms with Crippen molar-refractivity contribution < 1.29 is 0 Å². The molecule has 0 nitrogen and oxygen atoms in total. The molecule has 0 saturated heterocycles. The van der Waals surface area contributed by atoms with Crippen molar-refractivity contribution in [1.29, 1.82) is 0 Å². The number of rotatable bonds is 5. The van der Waals surface area contributed by atoms with E-state index in [4.69, 9.17) is 0 Å². The molecule has 7 aromatic rings. The third-order valence-electron chi connectivity index (χ3n) is 7.89. The maximum atomic E-state index is 4.14. The average Bonchev–Trinajstić information content (AvgIpc) is 3.04. The van der Waals surface area contributed by atoms with Gasteiger partial charge in [0.15, 0.2) is 0 Å². The van der Waals surface area contributed by atoms with Gasteiger partial charge in [-0.25, -0.2) is 0 Å². The topological polar surface area (TPSA) is 0 Å². The number of fused-ring (bicyclic) bond motifs is 4. The number of hydrogen-bond donors (Lipinski definition) is 0. The molecular formula is C40H27I. The van der Waals surface area contributed by atoms with Crippen LogP contribution in [0.3, 0.4) is 0 Å². The van der Waals surface area contributed by atoms with Gasteiger partial charge >= 0.3 is 0 Å². The molecular weight excluding hydrogens is 607 g/mol. The largest absolute Gasteiger partial charge is 0.0984 e. The van der Waals surface area contributed by atoms with Crippen molar-refractivity contribution >= 4 is 70.6 Å². The van der Waals surface area contributed by atoms with E-state index in [1.807, 2.05) is 6.08 Å². The Kier molecular flexibility index (Phi) is 6.74. The summed E-state index contributed by atoms with van der Waals surface area (Å²) in [6.45, 7) is 4.14. The van der Waals surface area contributed by atoms with E-state index in [0.717, 1.165) is 11.1 Å². The zero-order valence-electron chi connectivity index (χ0n) is 22.5. The molecule has 0 amide bonds. The van der Waals surface area contributed by atoms with Gasteiger partial charge in [-0.1, -0.05) is 128 Å². The molecule has 194 valence electrons. The Balaban J connectivity index is 1.27. The Hall–Kier alpha value is -4.47. The lowest BCUT2D eigenvalue weighted by molar-refractivity contribution is 1.57. The summed E-state index contributed by atoms with van der Waals surface area (Å²) in [6, 6.07) is 50.4. The van der Waals surface area contributed by atoms with Crippen molar-refractivity contribution in [2.75, 3.05) is 0 Å². The van der Waals surface area contributed by atoms with Crippen molar-refractivity contribution in [3.8, 4) is 22.3 Å². The van der Waals surface area contributed by atoms with Gasteiger partial charge in [-0.05, 0) is 124 Å². The van der Waals surface area contributed by atoms with Gasteiger partial charge in [0.25, 0.3) is 0 Å². The van der Waals surface area contributed by atoms with Crippen LogP contribution in [-0.4, -0.2) is 0 Å². The average molecular weight is 635 g/mol. The first kappa shape index (κ1) is 25.5. The summed E-state index contributed by atoms with van der Waals surface area (Å²) in [5, 5.41) is 7.63. The number of halogens is 1. The van der Waals surface area contributed by atoms with Crippen LogP contribution in [0.4, 0.5) is 0 Å². The molecule has 0 atom stereocenters. The highest BCUT2D eigenvalue weighted by atomic mass is 127. The predicted octanol–water partition coefficient (Wildman–Crippen LogP) is 12.1. The SMILES string of the molecule is C=Cc1cc(-c2cccc(-c3cc4ccccc4c4ccccc34)c2)ccc1/C=C(\I)c1ccc2ccccc2c1. The van der Waals surface area contributed by atoms with Crippen molar-refractivity contribution in [2.45, 2.75) is 0 Å². The normalized spacial score (nSPS) is 11.8. The molecule has 0 spiro atoms. The summed E-state index contributed by atoms with van der Waals surface area (Å²) in [7, 11) is 0. The second kappa shape index (κ2) is 10.8. The zero-order valence-corrected chi connectivity index (χ0v) is 24.7. The molecule has 1 heteroatoms. The third kappa shape index (κ3) is 4.87. The smallest absolute Gasteiger partial charge is 0.0209 e. The van der Waals surface area contributed by atoms with Gasteiger partial charge in [-0.2, -0.15) is 0 Å². The van der Waals surface area contributed by atoms with E-state index in [9.17, 15) is 0 Å². The highest BCUT2D eigenvalue weighted by Crippen LogP contribution is 2.37. The number of benzene rings is 7. The Labute approximate surface area is 254 Å². The summed E-state index contributed by atoms with van der Waals surface area (Å²) in [4.78, 5) is 0. The van der Waals surface area contributed by atoms with Crippen molar-refractivity contribution in [2.24, 2.45) is 0 Å². The van der Waals surface area contributed by atoms with Crippen molar-refractivity contribution in [3.63, 3.8) is 0 Å². The molecule has 0 heterocycles. The van der Waals surface area contributed by atoms with Crippen LogP contribution in [0, 0.1) is 0 Å². The maximum absolute atomic E-state index is 4.14. The molecule has 0 unspecified atom stereocenters. The second-order valence-electron chi connectivity index (χ2n) is 10.4. The highest BCUT2D eigenvalue weighted by Gasteiger charge is 2.10. The Morgan fingerprint density at radius 1 is 0.488 bits per heavy atom. The molecule has 7 aromatic carbocycles. The summed E-state index contributed by atoms with van der Waals surface area (Å²) in [6.07, 6.45) is 4.21. The molecule has 0 radical (unpaired) electrons. The Morgan fingerprint density at radius 3 is 2.00 bits per heavy atom. The van der Waals surface area contributed by atoms with Crippen LogP contribution in [0.15, 0.2) is 146 Å². The van der Waals surface area contributed by atoms with Gasteiger partial charge in [0.05, 0.1) is 0 Å². The molecule has 41 heavy (non-hydrogen) atoms. The van der Waals surface area contributed by atoms with Crippen LogP contribution in [0.5, 0.6) is 0 Å². The Morgan fingerprint density at radius 2 is 1.17 bits per heavy atom. The standard InChI is InChI=1S/C40H27I/c1-2-27-22-31(19-20-32(27)26-40(41)35-21-18-28-10-3-4-11-29(28)24-35)30-13-9-14-33(23-30)39-25-34-12-5-6-15-36(34)37-16-7-8-17-38(37)39/h2-26H,1H2/b40-26-. The molecule has 0 aromatic heterocycles. The van der Waals surface area contributed by atoms with Crippen molar-refractivity contribution in [1.82, 2.24) is 0 Å². The van der Waals surface area contributed by atoms with Crippen LogP contribution in [0.25, 0.3) is 70.3 Å². The molecule has 0 aliphatic carbocycles. The summed E-state index contributed by atoms with van der Waals surface area (Å²) in [5.41, 5.74) is 8.37. The van der Waals surface area contributed by atoms with Crippen LogP contribution >= 0.6 is 22.6 Å². The first-order chi connectivity index (χ1) is 20.2. The van der Waals surface area contributed by atoms with E-state index in [0.29, 0.717) is 0 Å². The van der Waals surface area contributed by atoms with Crippen LogP contribution in [0.1, 0.15) is 16.7 Å². The first-order valence-electron chi connectivity index (χ1n) is 13.8. The summed E-state index contributed by atoms with van der Waals surface area (Å²) in [5.74, 6) is 0. The van der Waals surface area contributed by atoms with E-state index in [2.05, 4.69) is 175 Å². The fraction of sp³-hybridized carbons (Fsp3) is 0. The van der Waals surface area contributed by atoms with Gasteiger partial charge in [0.2, 0.25) is 0 Å². The minimum absolute atomic E-state index is 1.12.